The van der Waals surface area contributed by atoms with Crippen LogP contribution in [0.2, 0.25) is 5.02 Å². The van der Waals surface area contributed by atoms with Crippen molar-refractivity contribution in [2.45, 2.75) is 19.0 Å². The molecule has 0 saturated carbocycles. The molecule has 1 atom stereocenters. The zero-order chi connectivity index (χ0) is 18.9. The van der Waals surface area contributed by atoms with Crippen LogP contribution in [0.1, 0.15) is 18.5 Å². The number of carbonyl (C=O) groups is 1. The van der Waals surface area contributed by atoms with Crippen molar-refractivity contribution in [3.05, 3.63) is 41.0 Å². The van der Waals surface area contributed by atoms with Crippen molar-refractivity contribution in [1.29, 1.82) is 0 Å². The van der Waals surface area contributed by atoms with Crippen LogP contribution in [0.4, 0.5) is 19.1 Å². The first kappa shape index (κ1) is 18.4. The van der Waals surface area contributed by atoms with Crippen LogP contribution in [-0.2, 0) is 11.0 Å². The molecule has 0 amide bonds. The van der Waals surface area contributed by atoms with Gasteiger partial charge in [-0.15, -0.1) is 0 Å². The lowest BCUT2D eigenvalue weighted by Crippen LogP contribution is -2.39. The molecule has 1 saturated heterocycles. The van der Waals surface area contributed by atoms with E-state index in [0.717, 1.165) is 6.07 Å². The van der Waals surface area contributed by atoms with E-state index in [1.54, 1.807) is 24.3 Å². The molecule has 0 radical (unpaired) electrons. The maximum Gasteiger partial charge on any atom is 0.433 e. The first-order chi connectivity index (χ1) is 12.2. The number of carboxylic acids is 1. The third-order valence-electron chi connectivity index (χ3n) is 4.20. The molecule has 0 aliphatic carbocycles. The Morgan fingerprint density at radius 3 is 2.54 bits per heavy atom. The van der Waals surface area contributed by atoms with Crippen molar-refractivity contribution < 1.29 is 23.1 Å². The van der Waals surface area contributed by atoms with E-state index < -0.39 is 23.8 Å². The summed E-state index contributed by atoms with van der Waals surface area (Å²) >= 11 is 5.83. The zero-order valence-corrected chi connectivity index (χ0v) is 14.3. The van der Waals surface area contributed by atoms with E-state index in [4.69, 9.17) is 11.6 Å². The van der Waals surface area contributed by atoms with Crippen LogP contribution in [0, 0.1) is 5.92 Å². The van der Waals surface area contributed by atoms with Gasteiger partial charge in [0.05, 0.1) is 11.6 Å². The average molecular weight is 386 g/mol. The second-order valence-corrected chi connectivity index (χ2v) is 6.50. The predicted octanol–water partition coefficient (Wildman–Crippen LogP) is 4.12. The standard InChI is InChI=1S/C17H15ClF3N3O2/c18-12-5-3-10(4-6-12)13-8-14(17(19,20)21)23-16(22-13)24-7-1-2-11(9-24)15(25)26/h3-6,8,11H,1-2,7,9H2,(H,25,26). The SMILES string of the molecule is O=C(O)C1CCCN(c2nc(-c3ccc(Cl)cc3)cc(C(F)(F)F)n2)C1. The highest BCUT2D eigenvalue weighted by molar-refractivity contribution is 6.30. The van der Waals surface area contributed by atoms with Gasteiger partial charge in [0.25, 0.3) is 0 Å². The molecule has 1 fully saturated rings. The van der Waals surface area contributed by atoms with Gasteiger partial charge >= 0.3 is 12.1 Å². The normalized spacial score (nSPS) is 18.0. The summed E-state index contributed by atoms with van der Waals surface area (Å²) in [4.78, 5) is 20.6. The first-order valence-electron chi connectivity index (χ1n) is 7.94. The molecule has 0 spiro atoms. The van der Waals surface area contributed by atoms with E-state index in [1.807, 2.05) is 0 Å². The Balaban J connectivity index is 2.03. The lowest BCUT2D eigenvalue weighted by Gasteiger charge is -2.31. The molecule has 9 heteroatoms. The number of alkyl halides is 3. The highest BCUT2D eigenvalue weighted by Gasteiger charge is 2.35. The molecule has 1 aliphatic heterocycles. The quantitative estimate of drug-likeness (QED) is 0.861. The number of nitrogens with zero attached hydrogens (tertiary/aromatic N) is 3. The van der Waals surface area contributed by atoms with Crippen LogP contribution >= 0.6 is 11.6 Å². The molecule has 0 bridgehead atoms. The molecular formula is C17H15ClF3N3O2. The molecule has 2 heterocycles. The fourth-order valence-corrected chi connectivity index (χ4v) is 2.98. The lowest BCUT2D eigenvalue weighted by molar-refractivity contribution is -0.142. The van der Waals surface area contributed by atoms with Crippen LogP contribution in [0.3, 0.4) is 0 Å². The van der Waals surface area contributed by atoms with Crippen LogP contribution in [0.15, 0.2) is 30.3 Å². The van der Waals surface area contributed by atoms with Gasteiger partial charge in [0.15, 0.2) is 5.69 Å². The van der Waals surface area contributed by atoms with Crippen molar-refractivity contribution in [3.8, 4) is 11.3 Å². The molecule has 1 N–H and O–H groups in total. The maximum absolute atomic E-state index is 13.3. The second kappa shape index (κ2) is 7.11. The Kier molecular flexibility index (Phi) is 5.04. The van der Waals surface area contributed by atoms with Crippen LogP contribution in [0.5, 0.6) is 0 Å². The third kappa shape index (κ3) is 4.07. The molecule has 138 valence electrons. The number of hydrogen-bond donors (Lipinski definition) is 1. The summed E-state index contributed by atoms with van der Waals surface area (Å²) in [6, 6.07) is 7.15. The van der Waals surface area contributed by atoms with Gasteiger partial charge in [-0.1, -0.05) is 23.7 Å². The van der Waals surface area contributed by atoms with E-state index in [2.05, 4.69) is 9.97 Å². The third-order valence-corrected chi connectivity index (χ3v) is 4.45. The largest absolute Gasteiger partial charge is 0.481 e. The van der Waals surface area contributed by atoms with E-state index in [1.165, 1.54) is 4.90 Å². The minimum Gasteiger partial charge on any atom is -0.481 e. The fourth-order valence-electron chi connectivity index (χ4n) is 2.85. The summed E-state index contributed by atoms with van der Waals surface area (Å²) in [6.45, 7) is 0.488. The molecule has 3 rings (SSSR count). The van der Waals surface area contributed by atoms with E-state index in [9.17, 15) is 23.1 Å². The molecule has 5 nitrogen and oxygen atoms in total. The molecular weight excluding hydrogens is 371 g/mol. The zero-order valence-electron chi connectivity index (χ0n) is 13.5. The number of carboxylic acid groups (broad SMARTS) is 1. The number of halogens is 4. The van der Waals surface area contributed by atoms with Crippen LogP contribution in [-0.4, -0.2) is 34.1 Å². The van der Waals surface area contributed by atoms with Gasteiger partial charge < -0.3 is 10.0 Å². The maximum atomic E-state index is 13.3. The van der Waals surface area contributed by atoms with Gasteiger partial charge in [-0.2, -0.15) is 13.2 Å². The summed E-state index contributed by atoms with van der Waals surface area (Å²) in [5, 5.41) is 9.64. The Labute approximate surface area is 152 Å². The Bertz CT molecular complexity index is 812. The van der Waals surface area contributed by atoms with Gasteiger partial charge in [-0.25, -0.2) is 9.97 Å². The summed E-state index contributed by atoms with van der Waals surface area (Å²) < 4.78 is 39.8. The van der Waals surface area contributed by atoms with Crippen LogP contribution < -0.4 is 4.90 Å². The molecule has 1 aliphatic rings. The number of aliphatic carboxylic acids is 1. The van der Waals surface area contributed by atoms with Gasteiger partial charge in [-0.3, -0.25) is 4.79 Å². The molecule has 26 heavy (non-hydrogen) atoms. The van der Waals surface area contributed by atoms with Crippen molar-refractivity contribution >= 4 is 23.5 Å². The first-order valence-corrected chi connectivity index (χ1v) is 8.32. The van der Waals surface area contributed by atoms with E-state index >= 15 is 0 Å². The number of benzene rings is 1. The van der Waals surface area contributed by atoms with Gasteiger partial charge in [0.1, 0.15) is 0 Å². The van der Waals surface area contributed by atoms with Crippen LogP contribution in [0.25, 0.3) is 11.3 Å². The van der Waals surface area contributed by atoms with E-state index in [-0.39, 0.29) is 18.2 Å². The van der Waals surface area contributed by atoms with Crippen molar-refractivity contribution in [2.75, 3.05) is 18.0 Å². The summed E-state index contributed by atoms with van der Waals surface area (Å²) in [5.74, 6) is -1.74. The molecule has 1 aromatic heterocycles. The Hall–Kier alpha value is -2.35. The van der Waals surface area contributed by atoms with Gasteiger partial charge in [0.2, 0.25) is 5.95 Å². The number of hydrogen-bond acceptors (Lipinski definition) is 4. The highest BCUT2D eigenvalue weighted by atomic mass is 35.5. The predicted molar refractivity (Wildman–Crippen MR) is 90.1 cm³/mol. The highest BCUT2D eigenvalue weighted by Crippen LogP contribution is 2.33. The van der Waals surface area contributed by atoms with Crippen molar-refractivity contribution in [3.63, 3.8) is 0 Å². The number of anilines is 1. The monoisotopic (exact) mass is 385 g/mol. The molecule has 1 aromatic carbocycles. The smallest absolute Gasteiger partial charge is 0.433 e. The summed E-state index contributed by atoms with van der Waals surface area (Å²) in [6.07, 6.45) is -3.61. The minimum absolute atomic E-state index is 0.0801. The minimum atomic E-state index is -4.64. The van der Waals surface area contributed by atoms with Crippen molar-refractivity contribution in [2.24, 2.45) is 5.92 Å². The Morgan fingerprint density at radius 1 is 1.23 bits per heavy atom. The Morgan fingerprint density at radius 2 is 1.92 bits per heavy atom. The van der Waals surface area contributed by atoms with Crippen molar-refractivity contribution in [1.82, 2.24) is 9.97 Å². The molecule has 2 aromatic rings. The summed E-state index contributed by atoms with van der Waals surface area (Å²) in [5.41, 5.74) is -0.489. The number of aromatic nitrogens is 2. The lowest BCUT2D eigenvalue weighted by atomic mass is 9.99. The topological polar surface area (TPSA) is 66.3 Å². The van der Waals surface area contributed by atoms with E-state index in [0.29, 0.717) is 30.0 Å². The number of piperidine rings is 1. The summed E-state index contributed by atoms with van der Waals surface area (Å²) in [7, 11) is 0. The molecule has 1 unspecified atom stereocenters. The number of rotatable bonds is 3. The van der Waals surface area contributed by atoms with Gasteiger partial charge in [0, 0.05) is 23.7 Å². The average Bonchev–Trinajstić information content (AvgIpc) is 2.61. The fraction of sp³-hybridized carbons (Fsp3) is 0.353. The van der Waals surface area contributed by atoms with Gasteiger partial charge in [-0.05, 0) is 31.0 Å². The second-order valence-electron chi connectivity index (χ2n) is 6.07.